The van der Waals surface area contributed by atoms with Crippen molar-refractivity contribution in [1.29, 1.82) is 0 Å². The van der Waals surface area contributed by atoms with Gasteiger partial charge in [0.05, 0.1) is 6.54 Å². The summed E-state index contributed by atoms with van der Waals surface area (Å²) in [5.41, 5.74) is 0. The lowest BCUT2D eigenvalue weighted by Crippen LogP contribution is -2.22. The topological polar surface area (TPSA) is 104 Å². The van der Waals surface area contributed by atoms with Crippen LogP contribution in [0.5, 0.6) is 0 Å². The molecule has 0 saturated carbocycles. The SMILES string of the molecule is CCP(=O)(O)OP(=O)(O)N(C)CC(C)=O. The lowest BCUT2D eigenvalue weighted by Gasteiger charge is -2.22. The zero-order valence-electron chi connectivity index (χ0n) is 8.78. The highest BCUT2D eigenvalue weighted by Crippen LogP contribution is 2.60. The Balaban J connectivity index is 4.62. The Bertz CT molecular complexity index is 330. The van der Waals surface area contributed by atoms with E-state index in [1.165, 1.54) is 13.8 Å². The number of likely N-dealkylation sites (N-methyl/N-ethyl adjacent to an activating group) is 1. The molecule has 0 radical (unpaired) electrons. The van der Waals surface area contributed by atoms with Gasteiger partial charge in [-0.2, -0.15) is 0 Å². The predicted molar refractivity (Wildman–Crippen MR) is 54.6 cm³/mol. The van der Waals surface area contributed by atoms with Crippen LogP contribution in [0.15, 0.2) is 0 Å². The fourth-order valence-electron chi connectivity index (χ4n) is 0.698. The van der Waals surface area contributed by atoms with Crippen molar-refractivity contribution in [3.05, 3.63) is 0 Å². The van der Waals surface area contributed by atoms with E-state index < -0.39 is 15.3 Å². The minimum absolute atomic E-state index is 0.272. The molecule has 0 bridgehead atoms. The zero-order chi connectivity index (χ0) is 12.3. The third-order valence-corrected chi connectivity index (χ3v) is 5.19. The first-order chi connectivity index (χ1) is 6.60. The number of nitrogens with zero attached hydrogens (tertiary/aromatic N) is 1. The van der Waals surface area contributed by atoms with Crippen molar-refractivity contribution in [2.45, 2.75) is 13.8 Å². The van der Waals surface area contributed by atoms with Gasteiger partial charge in [-0.3, -0.25) is 9.36 Å². The molecule has 2 unspecified atom stereocenters. The third-order valence-electron chi connectivity index (χ3n) is 1.52. The van der Waals surface area contributed by atoms with E-state index in [0.29, 0.717) is 4.67 Å². The summed E-state index contributed by atoms with van der Waals surface area (Å²) >= 11 is 0. The Kier molecular flexibility index (Phi) is 5.33. The van der Waals surface area contributed by atoms with Crippen LogP contribution in [0, 0.1) is 0 Å². The van der Waals surface area contributed by atoms with Crippen molar-refractivity contribution in [3.63, 3.8) is 0 Å². The molecule has 0 aromatic rings. The Labute approximate surface area is 88.2 Å². The van der Waals surface area contributed by atoms with Gasteiger partial charge in [0.15, 0.2) is 0 Å². The second kappa shape index (κ2) is 5.34. The van der Waals surface area contributed by atoms with Crippen LogP contribution in [0.1, 0.15) is 13.8 Å². The number of Topliss-reactive ketones (excluding diaryl/α,β-unsaturated/α-hetero) is 1. The quantitative estimate of drug-likeness (QED) is 0.680. The summed E-state index contributed by atoms with van der Waals surface area (Å²) in [6, 6.07) is 0. The van der Waals surface area contributed by atoms with E-state index in [4.69, 9.17) is 4.89 Å². The smallest absolute Gasteiger partial charge is 0.324 e. The first-order valence-corrected chi connectivity index (χ1v) is 7.47. The highest BCUT2D eigenvalue weighted by Gasteiger charge is 2.35. The molecule has 2 N–H and O–H groups in total. The van der Waals surface area contributed by atoms with Crippen LogP contribution < -0.4 is 0 Å². The van der Waals surface area contributed by atoms with Gasteiger partial charge in [-0.25, -0.2) is 13.5 Å². The van der Waals surface area contributed by atoms with Gasteiger partial charge < -0.3 is 9.79 Å². The number of carbonyl (C=O) groups excluding carboxylic acids is 1. The lowest BCUT2D eigenvalue weighted by molar-refractivity contribution is -0.117. The molecular weight excluding hydrogens is 244 g/mol. The van der Waals surface area contributed by atoms with Crippen LogP contribution in [0.4, 0.5) is 0 Å². The van der Waals surface area contributed by atoms with Crippen LogP contribution in [0.25, 0.3) is 0 Å². The van der Waals surface area contributed by atoms with E-state index in [-0.39, 0.29) is 18.5 Å². The van der Waals surface area contributed by atoms with E-state index in [2.05, 4.69) is 4.31 Å². The van der Waals surface area contributed by atoms with Gasteiger partial charge in [0, 0.05) is 6.16 Å². The Morgan fingerprint density at radius 3 is 2.20 bits per heavy atom. The summed E-state index contributed by atoms with van der Waals surface area (Å²) in [6.45, 7) is 2.26. The maximum Gasteiger partial charge on any atom is 0.412 e. The predicted octanol–water partition coefficient (Wildman–Crippen LogP) is 0.829. The highest BCUT2D eigenvalue weighted by molar-refractivity contribution is 7.65. The first kappa shape index (κ1) is 15.0. The summed E-state index contributed by atoms with van der Waals surface area (Å²) in [7, 11) is -7.27. The molecule has 7 nitrogen and oxygen atoms in total. The van der Waals surface area contributed by atoms with Crippen molar-refractivity contribution in [3.8, 4) is 0 Å². The second-order valence-electron chi connectivity index (χ2n) is 3.04. The molecule has 2 atom stereocenters. The summed E-state index contributed by atoms with van der Waals surface area (Å²) in [5.74, 6) is -0.348. The van der Waals surface area contributed by atoms with Gasteiger partial charge in [0.1, 0.15) is 5.78 Å². The molecule has 90 valence electrons. The Morgan fingerprint density at radius 2 is 1.87 bits per heavy atom. The summed E-state index contributed by atoms with van der Waals surface area (Å²) in [6.07, 6.45) is -0.272. The number of hydrogen-bond donors (Lipinski definition) is 2. The molecule has 9 heteroatoms. The Hall–Kier alpha value is -0.0300. The molecule has 0 aliphatic carbocycles. The number of rotatable bonds is 6. The third kappa shape index (κ3) is 5.56. The molecule has 0 aliphatic rings. The van der Waals surface area contributed by atoms with Crippen molar-refractivity contribution in [1.82, 2.24) is 4.67 Å². The fourth-order valence-corrected chi connectivity index (χ4v) is 3.37. The summed E-state index contributed by atoms with van der Waals surface area (Å²) in [5, 5.41) is 0. The zero-order valence-corrected chi connectivity index (χ0v) is 10.6. The monoisotopic (exact) mass is 259 g/mol. The van der Waals surface area contributed by atoms with Crippen LogP contribution in [-0.2, 0) is 18.2 Å². The van der Waals surface area contributed by atoms with Crippen molar-refractivity contribution < 1.29 is 28.0 Å². The number of ketones is 1. The highest BCUT2D eigenvalue weighted by atomic mass is 31.3. The average molecular weight is 259 g/mol. The van der Waals surface area contributed by atoms with Crippen LogP contribution >= 0.6 is 15.3 Å². The van der Waals surface area contributed by atoms with Crippen molar-refractivity contribution in [2.75, 3.05) is 19.8 Å². The largest absolute Gasteiger partial charge is 0.412 e. The van der Waals surface area contributed by atoms with E-state index in [1.807, 2.05) is 0 Å². The van der Waals surface area contributed by atoms with Gasteiger partial charge in [-0.1, -0.05) is 6.92 Å². The van der Waals surface area contributed by atoms with Crippen LogP contribution in [0.2, 0.25) is 0 Å². The van der Waals surface area contributed by atoms with E-state index in [0.717, 1.165) is 7.05 Å². The molecule has 0 rings (SSSR count). The maximum atomic E-state index is 11.4. The lowest BCUT2D eigenvalue weighted by atomic mass is 10.5. The molecule has 0 amide bonds. The molecule has 15 heavy (non-hydrogen) atoms. The van der Waals surface area contributed by atoms with Gasteiger partial charge >= 0.3 is 15.3 Å². The van der Waals surface area contributed by atoms with Crippen LogP contribution in [0.3, 0.4) is 0 Å². The Morgan fingerprint density at radius 1 is 1.40 bits per heavy atom. The summed E-state index contributed by atoms with van der Waals surface area (Å²) < 4.78 is 27.4. The second-order valence-corrected chi connectivity index (χ2v) is 7.27. The molecule has 0 heterocycles. The normalized spacial score (nSPS) is 19.6. The minimum Gasteiger partial charge on any atom is -0.324 e. The molecule has 0 aromatic heterocycles. The van der Waals surface area contributed by atoms with Gasteiger partial charge in [-0.05, 0) is 14.0 Å². The molecular formula is C6H15NO6P2. The van der Waals surface area contributed by atoms with Gasteiger partial charge in [0.2, 0.25) is 0 Å². The number of hydrogen-bond acceptors (Lipinski definition) is 4. The fraction of sp³-hybridized carbons (Fsp3) is 0.833. The molecule has 0 saturated heterocycles. The van der Waals surface area contributed by atoms with E-state index in [1.54, 1.807) is 0 Å². The van der Waals surface area contributed by atoms with Crippen molar-refractivity contribution >= 4 is 21.1 Å². The molecule has 0 fully saturated rings. The molecule has 0 spiro atoms. The van der Waals surface area contributed by atoms with Crippen molar-refractivity contribution in [2.24, 2.45) is 0 Å². The maximum absolute atomic E-state index is 11.4. The molecule has 0 aromatic carbocycles. The standard InChI is InChI=1S/C6H15NO6P2/c1-4-14(9,10)13-15(11,12)7(3)5-6(2)8/h4-5H2,1-3H3,(H,9,10)(H,11,12). The van der Waals surface area contributed by atoms with Gasteiger partial charge in [0.25, 0.3) is 0 Å². The first-order valence-electron chi connectivity index (χ1n) is 4.17. The van der Waals surface area contributed by atoms with E-state index in [9.17, 15) is 18.8 Å². The van der Waals surface area contributed by atoms with Crippen LogP contribution in [-0.4, -0.2) is 40.0 Å². The minimum atomic E-state index is -4.38. The van der Waals surface area contributed by atoms with E-state index >= 15 is 0 Å². The number of carbonyl (C=O) groups is 1. The van der Waals surface area contributed by atoms with Gasteiger partial charge in [-0.15, -0.1) is 0 Å². The average Bonchev–Trinajstić information content (AvgIpc) is 2.01. The molecule has 0 aliphatic heterocycles. The summed E-state index contributed by atoms with van der Waals surface area (Å²) in [4.78, 5) is 29.0.